The van der Waals surface area contributed by atoms with Crippen LogP contribution in [0.3, 0.4) is 0 Å². The molecule has 3 N–H and O–H groups in total. The molecule has 0 bridgehead atoms. The van der Waals surface area contributed by atoms with Gasteiger partial charge in [-0.05, 0) is 18.2 Å². The van der Waals surface area contributed by atoms with Crippen molar-refractivity contribution in [3.8, 4) is 5.69 Å². The highest BCUT2D eigenvalue weighted by atomic mass is 35.5. The molecule has 0 aliphatic heterocycles. The van der Waals surface area contributed by atoms with Crippen LogP contribution in [0.15, 0.2) is 41.9 Å². The SMILES string of the molecule is O=C(O)c1cc(S(=O)(=O)Nc2cc(Cl)ccc2-n2cncn2)[nH]n1. The van der Waals surface area contributed by atoms with Gasteiger partial charge in [0, 0.05) is 11.1 Å². The number of benzene rings is 1. The third kappa shape index (κ3) is 3.07. The van der Waals surface area contributed by atoms with Gasteiger partial charge in [0.25, 0.3) is 10.0 Å². The largest absolute Gasteiger partial charge is 0.476 e. The Kier molecular flexibility index (Phi) is 3.95. The number of halogens is 1. The number of nitrogens with one attached hydrogen (secondary N) is 2. The molecule has 0 spiro atoms. The molecule has 0 atom stereocenters. The van der Waals surface area contributed by atoms with Gasteiger partial charge in [-0.25, -0.2) is 14.5 Å². The highest BCUT2D eigenvalue weighted by Crippen LogP contribution is 2.26. The molecule has 124 valence electrons. The summed E-state index contributed by atoms with van der Waals surface area (Å²) < 4.78 is 28.5. The van der Waals surface area contributed by atoms with E-state index >= 15 is 0 Å². The van der Waals surface area contributed by atoms with E-state index in [9.17, 15) is 13.2 Å². The summed E-state index contributed by atoms with van der Waals surface area (Å²) in [5.41, 5.74) is 0.107. The van der Waals surface area contributed by atoms with Crippen LogP contribution in [0.4, 0.5) is 5.69 Å². The van der Waals surface area contributed by atoms with Gasteiger partial charge in [0.15, 0.2) is 10.7 Å². The highest BCUT2D eigenvalue weighted by molar-refractivity contribution is 7.92. The van der Waals surface area contributed by atoms with Gasteiger partial charge in [-0.3, -0.25) is 9.82 Å². The minimum Gasteiger partial charge on any atom is -0.476 e. The molecule has 10 nitrogen and oxygen atoms in total. The number of aromatic amines is 1. The summed E-state index contributed by atoms with van der Waals surface area (Å²) in [4.78, 5) is 14.6. The van der Waals surface area contributed by atoms with Crippen molar-refractivity contribution >= 4 is 33.3 Å². The van der Waals surface area contributed by atoms with E-state index in [-0.39, 0.29) is 5.69 Å². The summed E-state index contributed by atoms with van der Waals surface area (Å²) in [7, 11) is -4.11. The van der Waals surface area contributed by atoms with Crippen LogP contribution in [-0.2, 0) is 10.0 Å². The molecule has 0 fully saturated rings. The molecule has 0 amide bonds. The summed E-state index contributed by atoms with van der Waals surface area (Å²) in [6, 6.07) is 5.43. The lowest BCUT2D eigenvalue weighted by Crippen LogP contribution is -2.15. The van der Waals surface area contributed by atoms with Gasteiger partial charge in [-0.1, -0.05) is 11.6 Å². The van der Waals surface area contributed by atoms with Crippen molar-refractivity contribution in [2.45, 2.75) is 5.03 Å². The minimum absolute atomic E-state index is 0.138. The van der Waals surface area contributed by atoms with Crippen molar-refractivity contribution in [3.63, 3.8) is 0 Å². The predicted molar refractivity (Wildman–Crippen MR) is 82.7 cm³/mol. The van der Waals surface area contributed by atoms with Gasteiger partial charge in [-0.2, -0.15) is 18.6 Å². The van der Waals surface area contributed by atoms with Crippen molar-refractivity contribution in [3.05, 3.63) is 47.6 Å². The van der Waals surface area contributed by atoms with Crippen LogP contribution in [0.1, 0.15) is 10.5 Å². The monoisotopic (exact) mass is 368 g/mol. The predicted octanol–water partition coefficient (Wildman–Crippen LogP) is 1.14. The number of hydrogen-bond acceptors (Lipinski definition) is 6. The lowest BCUT2D eigenvalue weighted by molar-refractivity contribution is 0.0690. The normalized spacial score (nSPS) is 11.4. The van der Waals surface area contributed by atoms with Crippen LogP contribution in [0.5, 0.6) is 0 Å². The topological polar surface area (TPSA) is 143 Å². The molecule has 0 radical (unpaired) electrons. The first kappa shape index (κ1) is 16.0. The standard InChI is InChI=1S/C12H9ClN6O4S/c13-7-1-2-10(19-6-14-5-15-19)8(3-7)18-24(22,23)11-4-9(12(20)21)16-17-11/h1-6,18H,(H,16,17)(H,20,21). The second kappa shape index (κ2) is 5.94. The maximum atomic E-state index is 12.4. The number of carbonyl (C=O) groups is 1. The second-order valence-corrected chi connectivity index (χ2v) is 6.62. The average molecular weight is 369 g/mol. The number of aromatic carboxylic acids is 1. The number of sulfonamides is 1. The summed E-state index contributed by atoms with van der Waals surface area (Å²) in [6.07, 6.45) is 2.68. The van der Waals surface area contributed by atoms with E-state index in [4.69, 9.17) is 16.7 Å². The molecular formula is C12H9ClN6O4S. The Bertz CT molecular complexity index is 998. The van der Waals surface area contributed by atoms with E-state index in [2.05, 4.69) is 25.0 Å². The van der Waals surface area contributed by atoms with Crippen LogP contribution >= 0.6 is 11.6 Å². The smallest absolute Gasteiger partial charge is 0.356 e. The van der Waals surface area contributed by atoms with Crippen molar-refractivity contribution in [2.24, 2.45) is 0 Å². The Morgan fingerprint density at radius 2 is 2.12 bits per heavy atom. The van der Waals surface area contributed by atoms with E-state index in [1.807, 2.05) is 0 Å². The van der Waals surface area contributed by atoms with Gasteiger partial charge < -0.3 is 5.11 Å². The van der Waals surface area contributed by atoms with Gasteiger partial charge in [0.1, 0.15) is 12.7 Å². The van der Waals surface area contributed by atoms with Crippen LogP contribution in [-0.4, -0.2) is 44.5 Å². The quantitative estimate of drug-likeness (QED) is 0.612. The third-order valence-corrected chi connectivity index (χ3v) is 4.44. The zero-order chi connectivity index (χ0) is 17.3. The Morgan fingerprint density at radius 3 is 2.75 bits per heavy atom. The molecule has 3 rings (SSSR count). The number of rotatable bonds is 5. The van der Waals surface area contributed by atoms with Gasteiger partial charge in [0.05, 0.1) is 11.4 Å². The number of hydrogen-bond donors (Lipinski definition) is 3. The molecule has 0 saturated heterocycles. The lowest BCUT2D eigenvalue weighted by Gasteiger charge is -2.11. The molecule has 0 saturated carbocycles. The van der Waals surface area contributed by atoms with E-state index in [1.165, 1.54) is 23.4 Å². The first-order valence-corrected chi connectivity index (χ1v) is 8.19. The first-order chi connectivity index (χ1) is 11.4. The number of nitrogens with zero attached hydrogens (tertiary/aromatic N) is 4. The van der Waals surface area contributed by atoms with Crippen LogP contribution in [0, 0.1) is 0 Å². The van der Waals surface area contributed by atoms with Crippen molar-refractivity contribution in [2.75, 3.05) is 4.72 Å². The van der Waals surface area contributed by atoms with Crippen molar-refractivity contribution < 1.29 is 18.3 Å². The number of carboxylic acid groups (broad SMARTS) is 1. The van der Waals surface area contributed by atoms with Crippen molar-refractivity contribution in [1.29, 1.82) is 0 Å². The molecule has 3 aromatic rings. The molecule has 24 heavy (non-hydrogen) atoms. The van der Waals surface area contributed by atoms with E-state index in [1.54, 1.807) is 12.1 Å². The van der Waals surface area contributed by atoms with Crippen LogP contribution in [0.2, 0.25) is 5.02 Å². The summed E-state index contributed by atoms with van der Waals surface area (Å²) >= 11 is 5.92. The molecule has 12 heteroatoms. The number of aromatic nitrogens is 5. The maximum Gasteiger partial charge on any atom is 0.356 e. The zero-order valence-corrected chi connectivity index (χ0v) is 13.3. The average Bonchev–Trinajstić information content (AvgIpc) is 3.19. The van der Waals surface area contributed by atoms with Crippen LogP contribution in [0.25, 0.3) is 5.69 Å². The maximum absolute atomic E-state index is 12.4. The fourth-order valence-corrected chi connectivity index (χ4v) is 3.04. The van der Waals surface area contributed by atoms with Crippen LogP contribution < -0.4 is 4.72 Å². The molecule has 1 aromatic carbocycles. The molecule has 2 heterocycles. The molecule has 0 aliphatic rings. The first-order valence-electron chi connectivity index (χ1n) is 6.33. The zero-order valence-electron chi connectivity index (χ0n) is 11.7. The number of carboxylic acids is 1. The fourth-order valence-electron chi connectivity index (χ4n) is 1.87. The molecular weight excluding hydrogens is 360 g/mol. The summed E-state index contributed by atoms with van der Waals surface area (Å²) in [5, 5.41) is 18.2. The number of anilines is 1. The fraction of sp³-hybridized carbons (Fsp3) is 0. The van der Waals surface area contributed by atoms with Gasteiger partial charge >= 0.3 is 5.97 Å². The minimum atomic E-state index is -4.11. The van der Waals surface area contributed by atoms with E-state index in [0.29, 0.717) is 10.7 Å². The number of H-pyrrole nitrogens is 1. The lowest BCUT2D eigenvalue weighted by atomic mass is 10.3. The molecule has 2 aromatic heterocycles. The van der Waals surface area contributed by atoms with Gasteiger partial charge in [-0.15, -0.1) is 0 Å². The summed E-state index contributed by atoms with van der Waals surface area (Å²) in [6.45, 7) is 0. The van der Waals surface area contributed by atoms with Crippen molar-refractivity contribution in [1.82, 2.24) is 25.0 Å². The summed E-state index contributed by atoms with van der Waals surface area (Å²) in [5.74, 6) is -1.35. The highest BCUT2D eigenvalue weighted by Gasteiger charge is 2.21. The Labute approximate surface area is 140 Å². The molecule has 0 aliphatic carbocycles. The Hall–Kier alpha value is -2.92. The Morgan fingerprint density at radius 1 is 1.33 bits per heavy atom. The van der Waals surface area contributed by atoms with E-state index < -0.39 is 26.7 Å². The Balaban J connectivity index is 2.00. The second-order valence-electron chi connectivity index (χ2n) is 4.53. The van der Waals surface area contributed by atoms with E-state index in [0.717, 1.165) is 6.07 Å². The van der Waals surface area contributed by atoms with Gasteiger partial charge in [0.2, 0.25) is 0 Å². The molecule has 0 unspecified atom stereocenters. The third-order valence-electron chi connectivity index (χ3n) is 2.93.